The predicted molar refractivity (Wildman–Crippen MR) is 141 cm³/mol. The summed E-state index contributed by atoms with van der Waals surface area (Å²) in [5, 5.41) is 21.0. The summed E-state index contributed by atoms with van der Waals surface area (Å²) in [6.07, 6.45) is 0. The van der Waals surface area contributed by atoms with Gasteiger partial charge in [0.15, 0.2) is 22.7 Å². The molecule has 0 aromatic carbocycles. The van der Waals surface area contributed by atoms with Crippen LogP contribution in [0.4, 0.5) is 5.13 Å². The molecular weight excluding hydrogens is 566 g/mol. The number of hydrogen-bond acceptors (Lipinski definition) is 15. The molecule has 1 saturated heterocycles. The smallest absolute Gasteiger partial charge is 0.336 e. The molecule has 2 aromatic heterocycles. The van der Waals surface area contributed by atoms with Crippen molar-refractivity contribution < 1.29 is 33.5 Å². The average Bonchev–Trinajstić information content (AvgIpc) is 3.51. The molecule has 3 N–H and O–H groups in total. The Morgan fingerprint density at radius 1 is 1.25 bits per heavy atom. The molecule has 3 atom stereocenters. The van der Waals surface area contributed by atoms with Crippen molar-refractivity contribution in [3.05, 3.63) is 27.9 Å². The maximum Gasteiger partial charge on any atom is 0.336 e. The molecular formula is C22H27N9O7S2. The number of ether oxygens (including phenoxy) is 2. The monoisotopic (exact) mass is 593 g/mol. The van der Waals surface area contributed by atoms with Crippen molar-refractivity contribution >= 4 is 57.7 Å². The normalized spacial score (nSPS) is 20.7. The summed E-state index contributed by atoms with van der Waals surface area (Å²) in [7, 11) is 1.27. The van der Waals surface area contributed by atoms with E-state index in [-0.39, 0.29) is 23.1 Å². The zero-order chi connectivity index (χ0) is 29.2. The van der Waals surface area contributed by atoms with Crippen LogP contribution in [0.15, 0.2) is 21.5 Å². The lowest BCUT2D eigenvalue weighted by atomic mass is 9.97. The molecule has 0 saturated carbocycles. The number of thioether (sulfide) groups is 1. The Labute approximate surface area is 236 Å². The van der Waals surface area contributed by atoms with Crippen LogP contribution in [0.3, 0.4) is 0 Å². The Kier molecular flexibility index (Phi) is 8.38. The number of amides is 2. The number of tetrazole rings is 1. The van der Waals surface area contributed by atoms with Crippen LogP contribution in [0, 0.1) is 12.3 Å². The van der Waals surface area contributed by atoms with Crippen molar-refractivity contribution in [3.8, 4) is 0 Å². The number of nitrogens with two attached hydrogens (primary N) is 1. The maximum absolute atomic E-state index is 13.3. The van der Waals surface area contributed by atoms with Crippen LogP contribution in [0.1, 0.15) is 32.3 Å². The van der Waals surface area contributed by atoms with Gasteiger partial charge in [0.05, 0.1) is 12.0 Å². The van der Waals surface area contributed by atoms with Gasteiger partial charge in [0, 0.05) is 5.38 Å². The fraction of sp³-hybridized carbons (Fsp3) is 0.500. The number of esters is 2. The standard InChI is InChI=1S/C22H27N9O7S2/c1-10-26-29-30(27-10)6-11-7-39-18-14(25-16(32)13(28-36-5)12-8-40-21(23)24-12)17(33)31(18)15(11)19(34)37-9-38-20(35)22(2,3)4/h7-8,14-15,18H,6,9H2,1-5H3,(H2,23,24)(H,25,32)/b28-13-/t14-,15?,18-/m1/s1. The molecule has 18 heteroatoms. The quantitative estimate of drug-likeness (QED) is 0.127. The lowest BCUT2D eigenvalue weighted by Crippen LogP contribution is -2.74. The molecule has 1 unspecified atom stereocenters. The zero-order valence-electron chi connectivity index (χ0n) is 22.2. The summed E-state index contributed by atoms with van der Waals surface area (Å²) in [6, 6.07) is -2.17. The molecule has 1 fully saturated rings. The molecule has 214 valence electrons. The topological polar surface area (TPSA) is 206 Å². The number of nitrogen functional groups attached to an aromatic ring is 1. The van der Waals surface area contributed by atoms with Gasteiger partial charge in [-0.3, -0.25) is 14.4 Å². The maximum atomic E-state index is 13.3. The second-order valence-electron chi connectivity index (χ2n) is 9.64. The first-order valence-electron chi connectivity index (χ1n) is 11.8. The van der Waals surface area contributed by atoms with Gasteiger partial charge in [-0.2, -0.15) is 4.80 Å². The van der Waals surface area contributed by atoms with Crippen molar-refractivity contribution in [1.29, 1.82) is 0 Å². The molecule has 4 heterocycles. The van der Waals surface area contributed by atoms with Crippen LogP contribution >= 0.6 is 23.1 Å². The fourth-order valence-corrected chi connectivity index (χ4v) is 5.48. The minimum Gasteiger partial charge on any atom is -0.427 e. The van der Waals surface area contributed by atoms with Gasteiger partial charge in [-0.1, -0.05) is 5.16 Å². The van der Waals surface area contributed by atoms with Crippen LogP contribution in [-0.2, 0) is 40.0 Å². The average molecular weight is 594 g/mol. The van der Waals surface area contributed by atoms with E-state index in [1.807, 2.05) is 0 Å². The fourth-order valence-electron chi connectivity index (χ4n) is 3.72. The highest BCUT2D eigenvalue weighted by molar-refractivity contribution is 8.02. The van der Waals surface area contributed by atoms with E-state index in [4.69, 9.17) is 20.0 Å². The van der Waals surface area contributed by atoms with Crippen molar-refractivity contribution in [1.82, 2.24) is 35.4 Å². The van der Waals surface area contributed by atoms with Crippen molar-refractivity contribution in [3.63, 3.8) is 0 Å². The second-order valence-corrected chi connectivity index (χ2v) is 11.5. The van der Waals surface area contributed by atoms with E-state index in [1.54, 1.807) is 33.1 Å². The third-order valence-corrected chi connectivity index (χ3v) is 7.51. The Morgan fingerprint density at radius 2 is 2.00 bits per heavy atom. The van der Waals surface area contributed by atoms with Crippen LogP contribution < -0.4 is 11.1 Å². The third kappa shape index (κ3) is 6.06. The summed E-state index contributed by atoms with van der Waals surface area (Å²) in [6.45, 7) is 6.05. The highest BCUT2D eigenvalue weighted by atomic mass is 32.2. The first-order chi connectivity index (χ1) is 18.9. The number of nitrogens with one attached hydrogen (secondary N) is 1. The number of carbonyl (C=O) groups excluding carboxylic acids is 4. The van der Waals surface area contributed by atoms with Crippen LogP contribution in [-0.4, -0.2) is 90.9 Å². The van der Waals surface area contributed by atoms with Gasteiger partial charge in [-0.25, -0.2) is 9.78 Å². The van der Waals surface area contributed by atoms with Gasteiger partial charge in [0.2, 0.25) is 12.7 Å². The predicted octanol–water partition coefficient (Wildman–Crippen LogP) is -0.187. The number of oxime groups is 1. The third-order valence-electron chi connectivity index (χ3n) is 5.62. The Bertz CT molecular complexity index is 1380. The highest BCUT2D eigenvalue weighted by Gasteiger charge is 2.56. The molecule has 40 heavy (non-hydrogen) atoms. The van der Waals surface area contributed by atoms with Crippen molar-refractivity contribution in [2.75, 3.05) is 19.6 Å². The van der Waals surface area contributed by atoms with E-state index in [1.165, 1.54) is 33.9 Å². The number of β-lactam (4-membered cyclic amide) rings is 1. The first-order valence-corrected chi connectivity index (χ1v) is 13.6. The lowest BCUT2D eigenvalue weighted by Gasteiger charge is -2.51. The molecule has 0 spiro atoms. The molecule has 0 bridgehead atoms. The van der Waals surface area contributed by atoms with Gasteiger partial charge in [0.25, 0.3) is 5.91 Å². The lowest BCUT2D eigenvalue weighted by molar-refractivity contribution is -0.179. The number of anilines is 1. The minimum atomic E-state index is -1.18. The number of aryl methyl sites for hydroxylation is 1. The van der Waals surface area contributed by atoms with Crippen molar-refractivity contribution in [2.45, 2.75) is 51.7 Å². The summed E-state index contributed by atoms with van der Waals surface area (Å²) in [4.78, 5) is 63.0. The van der Waals surface area contributed by atoms with Gasteiger partial charge >= 0.3 is 11.9 Å². The number of rotatable bonds is 9. The molecule has 2 amide bonds. The van der Waals surface area contributed by atoms with Crippen molar-refractivity contribution in [2.24, 2.45) is 10.6 Å². The molecule has 0 aliphatic carbocycles. The van der Waals surface area contributed by atoms with E-state index in [0.717, 1.165) is 11.3 Å². The Morgan fingerprint density at radius 3 is 2.60 bits per heavy atom. The van der Waals surface area contributed by atoms with Gasteiger partial charge < -0.3 is 30.3 Å². The van der Waals surface area contributed by atoms with Gasteiger partial charge in [-0.05, 0) is 43.9 Å². The number of fused-ring (bicyclic) bond motifs is 1. The number of nitrogens with zero attached hydrogens (tertiary/aromatic N) is 7. The van der Waals surface area contributed by atoms with Crippen LogP contribution in [0.25, 0.3) is 0 Å². The molecule has 2 aromatic rings. The summed E-state index contributed by atoms with van der Waals surface area (Å²) < 4.78 is 10.3. The zero-order valence-corrected chi connectivity index (χ0v) is 23.8. The Hall–Kier alpha value is -4.06. The minimum absolute atomic E-state index is 0.0405. The summed E-state index contributed by atoms with van der Waals surface area (Å²) >= 11 is 2.33. The summed E-state index contributed by atoms with van der Waals surface area (Å²) in [5.41, 5.74) is 5.34. The molecule has 0 radical (unpaired) electrons. The molecule has 2 aliphatic heterocycles. The van der Waals surface area contributed by atoms with E-state index in [0.29, 0.717) is 11.4 Å². The SMILES string of the molecule is CO/N=C(\C(=O)N[C@@H]1C(=O)N2C(C(=O)OCOC(=O)C(C)(C)C)C(Cn3nnc(C)n3)=CS[C@H]12)c1csc(N)n1. The van der Waals surface area contributed by atoms with E-state index < -0.39 is 53.4 Å². The summed E-state index contributed by atoms with van der Waals surface area (Å²) in [5.74, 6) is -2.21. The van der Waals surface area contributed by atoms with Crippen LogP contribution in [0.5, 0.6) is 0 Å². The van der Waals surface area contributed by atoms with E-state index in [2.05, 4.69) is 30.9 Å². The van der Waals surface area contributed by atoms with Gasteiger partial charge in [-0.15, -0.1) is 33.3 Å². The van der Waals surface area contributed by atoms with E-state index >= 15 is 0 Å². The Balaban J connectivity index is 1.52. The largest absolute Gasteiger partial charge is 0.427 e. The number of hydrogen-bond donors (Lipinski definition) is 2. The molecule has 2 aliphatic rings. The number of thiazole rings is 1. The molecule has 4 rings (SSSR count). The second kappa shape index (κ2) is 11.6. The van der Waals surface area contributed by atoms with E-state index in [9.17, 15) is 19.2 Å². The van der Waals surface area contributed by atoms with Crippen LogP contribution in [0.2, 0.25) is 0 Å². The van der Waals surface area contributed by atoms with Gasteiger partial charge in [0.1, 0.15) is 24.2 Å². The highest BCUT2D eigenvalue weighted by Crippen LogP contribution is 2.40. The number of aromatic nitrogens is 5. The first kappa shape index (κ1) is 28.9. The number of carbonyl (C=O) groups is 4. The molecule has 16 nitrogen and oxygen atoms in total.